The molecule has 2 aromatic heterocycles. The predicted molar refractivity (Wildman–Crippen MR) is 70.1 cm³/mol. The van der Waals surface area contributed by atoms with Gasteiger partial charge in [-0.2, -0.15) is 16.3 Å². The molecule has 2 aromatic rings. The molecule has 7 nitrogen and oxygen atoms in total. The number of carbonyl (C=O) groups is 1. The number of carboxylic acids is 1. The van der Waals surface area contributed by atoms with E-state index in [4.69, 9.17) is 9.63 Å². The number of hydrogen-bond donors (Lipinski definition) is 2. The topological polar surface area (TPSA) is 99.7 Å². The van der Waals surface area contributed by atoms with E-state index in [1.54, 1.807) is 4.90 Å². The molecule has 3 rings (SSSR count). The second kappa shape index (κ2) is 5.31. The van der Waals surface area contributed by atoms with Crippen LogP contribution in [0, 0.1) is 0 Å². The molecule has 2 unspecified atom stereocenters. The van der Waals surface area contributed by atoms with E-state index in [0.717, 1.165) is 5.56 Å². The van der Waals surface area contributed by atoms with E-state index >= 15 is 0 Å². The maximum atomic E-state index is 11.1. The molecule has 8 heteroatoms. The van der Waals surface area contributed by atoms with Gasteiger partial charge in [0.2, 0.25) is 0 Å². The zero-order valence-corrected chi connectivity index (χ0v) is 11.3. The summed E-state index contributed by atoms with van der Waals surface area (Å²) in [5.41, 5.74) is 0.852. The molecule has 2 atom stereocenters. The van der Waals surface area contributed by atoms with Crippen LogP contribution in [-0.2, 0) is 11.3 Å². The van der Waals surface area contributed by atoms with Crippen LogP contribution in [0.3, 0.4) is 0 Å². The highest BCUT2D eigenvalue weighted by Gasteiger charge is 2.36. The van der Waals surface area contributed by atoms with Crippen molar-refractivity contribution in [2.24, 2.45) is 0 Å². The summed E-state index contributed by atoms with van der Waals surface area (Å²) in [4.78, 5) is 17.0. The summed E-state index contributed by atoms with van der Waals surface area (Å²) in [5.74, 6) is -0.0949. The summed E-state index contributed by atoms with van der Waals surface area (Å²) in [6.45, 7) is 0.557. The minimum absolute atomic E-state index is 0.227. The average molecular weight is 295 g/mol. The predicted octanol–water partition coefficient (Wildman–Crippen LogP) is 0.818. The van der Waals surface area contributed by atoms with Gasteiger partial charge in [-0.15, -0.1) is 0 Å². The van der Waals surface area contributed by atoms with Crippen molar-refractivity contribution in [2.45, 2.75) is 25.1 Å². The number of aliphatic hydroxyl groups excluding tert-OH is 1. The van der Waals surface area contributed by atoms with Crippen LogP contribution in [0.5, 0.6) is 0 Å². The number of thiophene rings is 1. The van der Waals surface area contributed by atoms with Crippen LogP contribution >= 0.6 is 11.3 Å². The lowest BCUT2D eigenvalue weighted by molar-refractivity contribution is -0.142. The Morgan fingerprint density at radius 1 is 1.60 bits per heavy atom. The molecule has 1 aliphatic heterocycles. The van der Waals surface area contributed by atoms with Crippen molar-refractivity contribution in [2.75, 3.05) is 6.54 Å². The average Bonchev–Trinajstić information content (AvgIpc) is 3.09. The van der Waals surface area contributed by atoms with Crippen molar-refractivity contribution in [3.05, 3.63) is 22.7 Å². The van der Waals surface area contributed by atoms with E-state index in [9.17, 15) is 9.90 Å². The second-order valence-electron chi connectivity index (χ2n) is 4.70. The molecule has 1 aliphatic rings. The number of aliphatic hydroxyl groups is 1. The summed E-state index contributed by atoms with van der Waals surface area (Å²) in [6.07, 6.45) is -0.399. The van der Waals surface area contributed by atoms with Crippen LogP contribution in [0.1, 0.15) is 12.2 Å². The summed E-state index contributed by atoms with van der Waals surface area (Å²) >= 11 is 1.53. The lowest BCUT2D eigenvalue weighted by Crippen LogP contribution is -2.35. The van der Waals surface area contributed by atoms with Gasteiger partial charge in [-0.25, -0.2) is 0 Å². The van der Waals surface area contributed by atoms with Gasteiger partial charge in [0, 0.05) is 18.3 Å². The Labute approximate surface area is 118 Å². The van der Waals surface area contributed by atoms with Gasteiger partial charge in [-0.05, 0) is 11.4 Å². The number of carboxylic acid groups (broad SMARTS) is 1. The molecular formula is C12H13N3O4S. The number of hydrogen-bond acceptors (Lipinski definition) is 7. The third-order valence-electron chi connectivity index (χ3n) is 3.25. The molecule has 2 N–H and O–H groups in total. The molecule has 0 bridgehead atoms. The third-order valence-corrected chi connectivity index (χ3v) is 3.93. The molecular weight excluding hydrogens is 282 g/mol. The SMILES string of the molecule is O=C(O)C1CC(O)CN1Cc1noc(-c2ccsc2)n1. The number of β-amino-alcohol motifs (C(OH)–C–C–N with tert-alkyl or cyclic N) is 1. The Hall–Kier alpha value is -1.77. The zero-order chi connectivity index (χ0) is 14.1. The summed E-state index contributed by atoms with van der Waals surface area (Å²) < 4.78 is 5.15. The molecule has 0 saturated carbocycles. The number of aliphatic carboxylic acids is 1. The monoisotopic (exact) mass is 295 g/mol. The fourth-order valence-corrected chi connectivity index (χ4v) is 2.94. The lowest BCUT2D eigenvalue weighted by Gasteiger charge is -2.18. The Balaban J connectivity index is 1.73. The Morgan fingerprint density at radius 2 is 2.45 bits per heavy atom. The molecule has 0 radical (unpaired) electrons. The maximum Gasteiger partial charge on any atom is 0.321 e. The van der Waals surface area contributed by atoms with Gasteiger partial charge in [-0.3, -0.25) is 9.69 Å². The van der Waals surface area contributed by atoms with Gasteiger partial charge in [0.1, 0.15) is 6.04 Å². The third kappa shape index (κ3) is 2.58. The first-order chi connectivity index (χ1) is 9.63. The molecule has 20 heavy (non-hydrogen) atoms. The summed E-state index contributed by atoms with van der Waals surface area (Å²) in [6, 6.07) is 1.18. The first kappa shape index (κ1) is 13.2. The van der Waals surface area contributed by atoms with Gasteiger partial charge >= 0.3 is 5.97 Å². The van der Waals surface area contributed by atoms with E-state index < -0.39 is 18.1 Å². The number of likely N-dealkylation sites (tertiary alicyclic amines) is 1. The zero-order valence-electron chi connectivity index (χ0n) is 10.5. The summed E-state index contributed by atoms with van der Waals surface area (Å²) in [7, 11) is 0. The van der Waals surface area contributed by atoms with Gasteiger partial charge in [-0.1, -0.05) is 5.16 Å². The molecule has 0 aromatic carbocycles. The molecule has 106 valence electrons. The maximum absolute atomic E-state index is 11.1. The summed E-state index contributed by atoms with van der Waals surface area (Å²) in [5, 5.41) is 26.4. The van der Waals surface area contributed by atoms with Crippen molar-refractivity contribution in [1.82, 2.24) is 15.0 Å². The molecule has 3 heterocycles. The Morgan fingerprint density at radius 3 is 3.15 bits per heavy atom. The number of rotatable bonds is 4. The van der Waals surface area contributed by atoms with Crippen molar-refractivity contribution in [1.29, 1.82) is 0 Å². The van der Waals surface area contributed by atoms with Crippen LogP contribution in [0.15, 0.2) is 21.3 Å². The lowest BCUT2D eigenvalue weighted by atomic mass is 10.2. The van der Waals surface area contributed by atoms with Gasteiger partial charge in [0.15, 0.2) is 5.82 Å². The highest BCUT2D eigenvalue weighted by atomic mass is 32.1. The van der Waals surface area contributed by atoms with E-state index in [0.29, 0.717) is 18.3 Å². The first-order valence-corrected chi connectivity index (χ1v) is 7.08. The Bertz CT molecular complexity index is 598. The van der Waals surface area contributed by atoms with Gasteiger partial charge in [0.05, 0.1) is 18.2 Å². The molecule has 1 fully saturated rings. The molecule has 0 aliphatic carbocycles. The van der Waals surface area contributed by atoms with Crippen LogP contribution in [0.2, 0.25) is 0 Å². The van der Waals surface area contributed by atoms with E-state index in [2.05, 4.69) is 10.1 Å². The quantitative estimate of drug-likeness (QED) is 0.861. The minimum Gasteiger partial charge on any atom is -0.480 e. The van der Waals surface area contributed by atoms with Crippen LogP contribution in [-0.4, -0.2) is 49.9 Å². The second-order valence-corrected chi connectivity index (χ2v) is 5.48. The van der Waals surface area contributed by atoms with Crippen LogP contribution < -0.4 is 0 Å². The highest BCUT2D eigenvalue weighted by molar-refractivity contribution is 7.08. The van der Waals surface area contributed by atoms with Crippen LogP contribution in [0.25, 0.3) is 11.5 Å². The fraction of sp³-hybridized carbons (Fsp3) is 0.417. The fourth-order valence-electron chi connectivity index (χ4n) is 2.31. The van der Waals surface area contributed by atoms with Crippen molar-refractivity contribution in [3.63, 3.8) is 0 Å². The van der Waals surface area contributed by atoms with Crippen molar-refractivity contribution < 1.29 is 19.5 Å². The van der Waals surface area contributed by atoms with E-state index in [-0.39, 0.29) is 13.0 Å². The van der Waals surface area contributed by atoms with Gasteiger partial charge < -0.3 is 14.7 Å². The molecule has 0 spiro atoms. The van der Waals surface area contributed by atoms with Crippen molar-refractivity contribution in [3.8, 4) is 11.5 Å². The number of aromatic nitrogens is 2. The normalized spacial score (nSPS) is 23.2. The molecule has 1 saturated heterocycles. The smallest absolute Gasteiger partial charge is 0.321 e. The largest absolute Gasteiger partial charge is 0.480 e. The first-order valence-electron chi connectivity index (χ1n) is 6.13. The van der Waals surface area contributed by atoms with Crippen molar-refractivity contribution >= 4 is 17.3 Å². The number of nitrogens with zero attached hydrogens (tertiary/aromatic N) is 3. The Kier molecular flexibility index (Phi) is 3.51. The standard InChI is InChI=1S/C12H13N3O4S/c16-8-3-9(12(17)18)15(4-8)5-10-13-11(19-14-10)7-1-2-20-6-7/h1-2,6,8-9,16H,3-5H2,(H,17,18). The van der Waals surface area contributed by atoms with Crippen LogP contribution in [0.4, 0.5) is 0 Å². The van der Waals surface area contributed by atoms with Gasteiger partial charge in [0.25, 0.3) is 5.89 Å². The minimum atomic E-state index is -0.942. The molecule has 0 amide bonds. The van der Waals surface area contributed by atoms with E-state index in [1.807, 2.05) is 16.8 Å². The van der Waals surface area contributed by atoms with E-state index in [1.165, 1.54) is 11.3 Å². The highest BCUT2D eigenvalue weighted by Crippen LogP contribution is 2.23.